The van der Waals surface area contributed by atoms with Gasteiger partial charge in [0.05, 0.1) is 12.2 Å². The van der Waals surface area contributed by atoms with Gasteiger partial charge in [-0.1, -0.05) is 42.8 Å². The molecule has 0 saturated heterocycles. The van der Waals surface area contributed by atoms with E-state index in [0.717, 1.165) is 38.5 Å². The summed E-state index contributed by atoms with van der Waals surface area (Å²) in [5, 5.41) is 21.3. The van der Waals surface area contributed by atoms with Gasteiger partial charge in [0.15, 0.2) is 5.78 Å². The maximum atomic E-state index is 12.2. The zero-order valence-corrected chi connectivity index (χ0v) is 20.0. The first-order chi connectivity index (χ1) is 15.4. The Morgan fingerprint density at radius 3 is 2.78 bits per heavy atom. The van der Waals surface area contributed by atoms with Crippen molar-refractivity contribution in [2.75, 3.05) is 12.9 Å². The maximum absolute atomic E-state index is 12.2. The van der Waals surface area contributed by atoms with Gasteiger partial charge in [-0.05, 0) is 85.5 Å². The Balaban J connectivity index is 1.70. The lowest BCUT2D eigenvalue weighted by atomic mass is 9.51. The number of aliphatic hydroxyl groups is 2. The summed E-state index contributed by atoms with van der Waals surface area (Å²) < 4.78 is 0. The second-order valence-corrected chi connectivity index (χ2v) is 11.1. The second-order valence-electron chi connectivity index (χ2n) is 10.3. The van der Waals surface area contributed by atoms with E-state index >= 15 is 0 Å². The van der Waals surface area contributed by atoms with E-state index in [4.69, 9.17) is 0 Å². The van der Waals surface area contributed by atoms with E-state index in [-0.39, 0.29) is 23.7 Å². The predicted octanol–water partition coefficient (Wildman–Crippen LogP) is 5.59. The van der Waals surface area contributed by atoms with Crippen molar-refractivity contribution in [1.29, 1.82) is 0 Å². The maximum Gasteiger partial charge on any atom is 0.156 e. The quantitative estimate of drug-likeness (QED) is 0.464. The molecule has 0 radical (unpaired) electrons. The fourth-order valence-electron chi connectivity index (χ4n) is 7.45. The van der Waals surface area contributed by atoms with Crippen LogP contribution in [0.15, 0.2) is 64.1 Å². The molecule has 1 aromatic rings. The average molecular weight is 451 g/mol. The highest BCUT2D eigenvalue weighted by atomic mass is 32.2. The summed E-state index contributed by atoms with van der Waals surface area (Å²) in [6.07, 6.45) is 13.9. The zero-order valence-electron chi connectivity index (χ0n) is 19.1. The van der Waals surface area contributed by atoms with Crippen molar-refractivity contribution in [2.24, 2.45) is 17.3 Å². The molecule has 4 heteroatoms. The standard InChI is InChI=1S/C28H34O3S/c1-27-17-23(21-6-3-4-7-25(21)32-2)26-20-11-9-19(30)16-18(20)8-10-22(26)24(27)12-14-28(27,31)13-5-15-29/h3-7,13,16,22-24,29,31H,8-12,14-15,17H2,1-2H3/b13-5-/t22-,23+,24-,27-,28-/m0/s1. The third kappa shape index (κ3) is 3.29. The third-order valence-electron chi connectivity index (χ3n) is 8.96. The molecule has 2 N–H and O–H groups in total. The van der Waals surface area contributed by atoms with Crippen LogP contribution in [0.3, 0.4) is 0 Å². The molecule has 3 nitrogen and oxygen atoms in total. The number of fused-ring (bicyclic) bond motifs is 4. The number of carbonyl (C=O) groups is 1. The molecule has 0 spiro atoms. The lowest BCUT2D eigenvalue weighted by molar-refractivity contribution is -0.114. The number of carbonyl (C=O) groups excluding carboxylic acids is 1. The summed E-state index contributed by atoms with van der Waals surface area (Å²) in [6.45, 7) is 2.25. The fraction of sp³-hybridized carbons (Fsp3) is 0.536. The number of rotatable bonds is 4. The first kappa shape index (κ1) is 22.2. The minimum absolute atomic E-state index is 0.0390. The van der Waals surface area contributed by atoms with Crippen molar-refractivity contribution in [3.8, 4) is 0 Å². The molecule has 2 saturated carbocycles. The molecule has 0 amide bonds. The molecule has 0 bridgehead atoms. The van der Waals surface area contributed by atoms with Crippen molar-refractivity contribution < 1.29 is 15.0 Å². The molecule has 0 unspecified atom stereocenters. The number of ketones is 1. The number of thioether (sulfide) groups is 1. The van der Waals surface area contributed by atoms with Gasteiger partial charge in [-0.15, -0.1) is 11.8 Å². The van der Waals surface area contributed by atoms with Crippen LogP contribution in [0.5, 0.6) is 0 Å². The van der Waals surface area contributed by atoms with Gasteiger partial charge in [0.1, 0.15) is 0 Å². The number of allylic oxidation sites excluding steroid dienone is 4. The van der Waals surface area contributed by atoms with Crippen LogP contribution in [0.25, 0.3) is 0 Å². The Morgan fingerprint density at radius 1 is 1.19 bits per heavy atom. The molecule has 0 aliphatic heterocycles. The molecular weight excluding hydrogens is 416 g/mol. The van der Waals surface area contributed by atoms with Gasteiger partial charge in [0.25, 0.3) is 0 Å². The van der Waals surface area contributed by atoms with E-state index in [1.807, 2.05) is 12.2 Å². The molecule has 4 aliphatic rings. The highest BCUT2D eigenvalue weighted by molar-refractivity contribution is 7.98. The van der Waals surface area contributed by atoms with Crippen LogP contribution < -0.4 is 0 Å². The zero-order chi connectivity index (χ0) is 22.5. The van der Waals surface area contributed by atoms with Gasteiger partial charge >= 0.3 is 0 Å². The smallest absolute Gasteiger partial charge is 0.156 e. The number of hydrogen-bond donors (Lipinski definition) is 2. The third-order valence-corrected chi connectivity index (χ3v) is 9.77. The van der Waals surface area contributed by atoms with Gasteiger partial charge in [0.2, 0.25) is 0 Å². The van der Waals surface area contributed by atoms with E-state index in [9.17, 15) is 15.0 Å². The van der Waals surface area contributed by atoms with Gasteiger partial charge in [0, 0.05) is 22.6 Å². The molecule has 1 aromatic carbocycles. The fourth-order valence-corrected chi connectivity index (χ4v) is 8.11. The SMILES string of the molecule is CSc1ccccc1[C@H]1C[C@@]2(C)[C@@H](CC[C@@]2(O)/C=C\CO)[C@@H]2CCC3=CC(=O)CCC3=C21. The summed E-state index contributed by atoms with van der Waals surface area (Å²) in [4.78, 5) is 13.5. The van der Waals surface area contributed by atoms with Crippen LogP contribution in [-0.2, 0) is 4.79 Å². The second kappa shape index (κ2) is 8.30. The molecule has 5 atom stereocenters. The molecular formula is C28H34O3S. The van der Waals surface area contributed by atoms with Crippen LogP contribution >= 0.6 is 11.8 Å². The van der Waals surface area contributed by atoms with Gasteiger partial charge in [-0.3, -0.25) is 4.79 Å². The van der Waals surface area contributed by atoms with Gasteiger partial charge in [-0.2, -0.15) is 0 Å². The summed E-state index contributed by atoms with van der Waals surface area (Å²) in [5.74, 6) is 1.40. The minimum Gasteiger partial charge on any atom is -0.392 e. The Hall–Kier alpha value is -1.62. The summed E-state index contributed by atoms with van der Waals surface area (Å²) >= 11 is 1.80. The van der Waals surface area contributed by atoms with Crippen molar-refractivity contribution >= 4 is 17.5 Å². The Labute approximate surface area is 195 Å². The van der Waals surface area contributed by atoms with Crippen LogP contribution in [0.1, 0.15) is 63.4 Å². The lowest BCUT2D eigenvalue weighted by Crippen LogP contribution is -2.50. The Bertz CT molecular complexity index is 1020. The Kier molecular flexibility index (Phi) is 5.76. The van der Waals surface area contributed by atoms with Crippen molar-refractivity contribution in [1.82, 2.24) is 0 Å². The Morgan fingerprint density at radius 2 is 2.00 bits per heavy atom. The number of benzene rings is 1. The molecule has 170 valence electrons. The summed E-state index contributed by atoms with van der Waals surface area (Å²) in [6, 6.07) is 8.74. The van der Waals surface area contributed by atoms with Crippen molar-refractivity contribution in [2.45, 2.75) is 68.3 Å². The molecule has 5 rings (SSSR count). The predicted molar refractivity (Wildman–Crippen MR) is 130 cm³/mol. The van der Waals surface area contributed by atoms with E-state index < -0.39 is 5.60 Å². The number of hydrogen-bond acceptors (Lipinski definition) is 4. The molecule has 0 aromatic heterocycles. The highest BCUT2D eigenvalue weighted by Crippen LogP contribution is 2.67. The van der Waals surface area contributed by atoms with Gasteiger partial charge < -0.3 is 10.2 Å². The normalized spacial score (nSPS) is 36.7. The topological polar surface area (TPSA) is 57.5 Å². The van der Waals surface area contributed by atoms with Crippen molar-refractivity contribution in [3.05, 3.63) is 64.8 Å². The van der Waals surface area contributed by atoms with Crippen LogP contribution in [0, 0.1) is 17.3 Å². The summed E-state index contributed by atoms with van der Waals surface area (Å²) in [5.41, 5.74) is 4.53. The first-order valence-electron chi connectivity index (χ1n) is 12.0. The molecule has 2 fully saturated rings. The molecule has 0 heterocycles. The highest BCUT2D eigenvalue weighted by Gasteiger charge is 2.62. The van der Waals surface area contributed by atoms with Crippen LogP contribution in [0.2, 0.25) is 0 Å². The van der Waals surface area contributed by atoms with E-state index in [2.05, 4.69) is 37.4 Å². The molecule has 4 aliphatic carbocycles. The first-order valence-corrected chi connectivity index (χ1v) is 13.2. The number of aliphatic hydroxyl groups excluding tert-OH is 1. The summed E-state index contributed by atoms with van der Waals surface area (Å²) in [7, 11) is 0. The van der Waals surface area contributed by atoms with Crippen LogP contribution in [-0.4, -0.2) is 34.5 Å². The molecule has 32 heavy (non-hydrogen) atoms. The van der Waals surface area contributed by atoms with Crippen molar-refractivity contribution in [3.63, 3.8) is 0 Å². The van der Waals surface area contributed by atoms with E-state index in [1.54, 1.807) is 23.4 Å². The van der Waals surface area contributed by atoms with E-state index in [0.29, 0.717) is 18.3 Å². The minimum atomic E-state index is -0.887. The van der Waals surface area contributed by atoms with Gasteiger partial charge in [-0.25, -0.2) is 0 Å². The lowest BCUT2D eigenvalue weighted by Gasteiger charge is -2.54. The van der Waals surface area contributed by atoms with E-state index in [1.165, 1.54) is 21.6 Å². The van der Waals surface area contributed by atoms with Crippen LogP contribution in [0.4, 0.5) is 0 Å². The largest absolute Gasteiger partial charge is 0.392 e. The average Bonchev–Trinajstić information content (AvgIpc) is 3.07. The monoisotopic (exact) mass is 450 g/mol.